The van der Waals surface area contributed by atoms with Crippen molar-refractivity contribution < 1.29 is 14.3 Å². The van der Waals surface area contributed by atoms with Crippen molar-refractivity contribution in [3.8, 4) is 0 Å². The largest absolute Gasteiger partial charge is 0.468 e. The fourth-order valence-electron chi connectivity index (χ4n) is 4.77. The van der Waals surface area contributed by atoms with E-state index in [4.69, 9.17) is 9.73 Å². The number of Topliss-reactive ketones (excluding diaryl/α,β-unsaturated/α-hetero) is 1. The second-order valence-electron chi connectivity index (χ2n) is 8.44. The summed E-state index contributed by atoms with van der Waals surface area (Å²) < 4.78 is 5.13. The first-order valence-corrected chi connectivity index (χ1v) is 10.6. The molecule has 0 saturated heterocycles. The first-order chi connectivity index (χ1) is 14.9. The maximum Gasteiger partial charge on any atom is 0.315 e. The van der Waals surface area contributed by atoms with Crippen LogP contribution in [0.5, 0.6) is 0 Å². The third kappa shape index (κ3) is 3.98. The number of hydrogen-bond acceptors (Lipinski definition) is 5. The number of rotatable bonds is 4. The van der Waals surface area contributed by atoms with Crippen LogP contribution >= 0.6 is 0 Å². The molecule has 0 aromatic heterocycles. The van der Waals surface area contributed by atoms with Crippen molar-refractivity contribution in [3.05, 3.63) is 82.1 Å². The Morgan fingerprint density at radius 2 is 1.81 bits per heavy atom. The van der Waals surface area contributed by atoms with Crippen molar-refractivity contribution in [1.82, 2.24) is 4.90 Å². The van der Waals surface area contributed by atoms with Gasteiger partial charge in [0.2, 0.25) is 0 Å². The third-order valence-corrected chi connectivity index (χ3v) is 6.44. The Morgan fingerprint density at radius 3 is 2.52 bits per heavy atom. The number of nitrogens with zero attached hydrogens (tertiary/aromatic N) is 2. The standard InChI is InChI=1S/C26H28N2O3/c1-16-9-8-12-20(17(16)2)24-23(26(30)31-4)18(3)27-21-14-28(15-22(29)25(21)24)13-19-10-6-5-7-11-19/h5-12,23-24H,13-15H2,1-4H3. The monoisotopic (exact) mass is 416 g/mol. The summed E-state index contributed by atoms with van der Waals surface area (Å²) in [5, 5.41) is 0. The zero-order chi connectivity index (χ0) is 22.1. The van der Waals surface area contributed by atoms with Gasteiger partial charge in [0.15, 0.2) is 5.78 Å². The molecule has 160 valence electrons. The smallest absolute Gasteiger partial charge is 0.315 e. The lowest BCUT2D eigenvalue weighted by molar-refractivity contribution is -0.143. The Balaban J connectivity index is 1.78. The molecule has 2 unspecified atom stereocenters. The van der Waals surface area contributed by atoms with Gasteiger partial charge in [-0.3, -0.25) is 19.5 Å². The van der Waals surface area contributed by atoms with Gasteiger partial charge in [-0.15, -0.1) is 0 Å². The predicted molar refractivity (Wildman–Crippen MR) is 121 cm³/mol. The number of aliphatic imine (C=N–C) groups is 1. The number of aryl methyl sites for hydroxylation is 1. The molecule has 2 heterocycles. The van der Waals surface area contributed by atoms with Gasteiger partial charge in [-0.2, -0.15) is 0 Å². The number of esters is 1. The molecule has 0 fully saturated rings. The minimum atomic E-state index is -0.589. The zero-order valence-corrected chi connectivity index (χ0v) is 18.5. The molecular weight excluding hydrogens is 388 g/mol. The van der Waals surface area contributed by atoms with E-state index in [1.807, 2.05) is 37.3 Å². The van der Waals surface area contributed by atoms with E-state index < -0.39 is 5.92 Å². The van der Waals surface area contributed by atoms with Crippen LogP contribution in [0.4, 0.5) is 0 Å². The van der Waals surface area contributed by atoms with Gasteiger partial charge < -0.3 is 4.74 Å². The Kier molecular flexibility index (Phi) is 5.88. The Bertz CT molecular complexity index is 1090. The van der Waals surface area contributed by atoms with Crippen LogP contribution in [0.2, 0.25) is 0 Å². The maximum absolute atomic E-state index is 13.5. The molecule has 0 bridgehead atoms. The van der Waals surface area contributed by atoms with E-state index >= 15 is 0 Å². The van der Waals surface area contributed by atoms with Gasteiger partial charge in [0.1, 0.15) is 5.92 Å². The van der Waals surface area contributed by atoms with Crippen LogP contribution in [-0.2, 0) is 20.9 Å². The highest BCUT2D eigenvalue weighted by Gasteiger charge is 2.44. The van der Waals surface area contributed by atoms with Gasteiger partial charge in [0, 0.05) is 30.3 Å². The predicted octanol–water partition coefficient (Wildman–Crippen LogP) is 3.99. The second-order valence-corrected chi connectivity index (χ2v) is 8.44. The molecule has 0 spiro atoms. The van der Waals surface area contributed by atoms with Crippen molar-refractivity contribution >= 4 is 17.5 Å². The fraction of sp³-hybridized carbons (Fsp3) is 0.346. The summed E-state index contributed by atoms with van der Waals surface area (Å²) in [7, 11) is 1.39. The Labute approximate surface area is 183 Å². The SMILES string of the molecule is COC(=O)C1C(C)=NC2=C(C(=O)CN(Cc3ccccc3)C2)C1c1cccc(C)c1C. The molecule has 5 heteroatoms. The van der Waals surface area contributed by atoms with Crippen molar-refractivity contribution in [1.29, 1.82) is 0 Å². The van der Waals surface area contributed by atoms with E-state index in [-0.39, 0.29) is 17.7 Å². The number of ether oxygens (including phenoxy) is 1. The van der Waals surface area contributed by atoms with E-state index in [1.165, 1.54) is 7.11 Å². The van der Waals surface area contributed by atoms with Gasteiger partial charge in [-0.25, -0.2) is 0 Å². The van der Waals surface area contributed by atoms with Crippen LogP contribution in [0, 0.1) is 19.8 Å². The Hall–Kier alpha value is -3.05. The molecule has 0 amide bonds. The summed E-state index contributed by atoms with van der Waals surface area (Å²) in [6.07, 6.45) is 0. The van der Waals surface area contributed by atoms with Gasteiger partial charge in [-0.05, 0) is 43.0 Å². The molecule has 0 radical (unpaired) electrons. The summed E-state index contributed by atoms with van der Waals surface area (Å²) in [5.74, 6) is -1.27. The number of ketones is 1. The van der Waals surface area contributed by atoms with Gasteiger partial charge in [0.05, 0.1) is 19.4 Å². The van der Waals surface area contributed by atoms with Crippen LogP contribution in [0.25, 0.3) is 0 Å². The molecule has 0 N–H and O–H groups in total. The van der Waals surface area contributed by atoms with Crippen molar-refractivity contribution in [2.24, 2.45) is 10.9 Å². The molecule has 2 aliphatic rings. The normalized spacial score (nSPS) is 21.5. The van der Waals surface area contributed by atoms with Crippen LogP contribution in [0.3, 0.4) is 0 Å². The van der Waals surface area contributed by atoms with Gasteiger partial charge in [0.25, 0.3) is 0 Å². The van der Waals surface area contributed by atoms with E-state index in [1.54, 1.807) is 0 Å². The van der Waals surface area contributed by atoms with Crippen molar-refractivity contribution in [2.75, 3.05) is 20.2 Å². The molecule has 31 heavy (non-hydrogen) atoms. The number of benzene rings is 2. The minimum absolute atomic E-state index is 0.0354. The highest BCUT2D eigenvalue weighted by molar-refractivity contribution is 6.09. The van der Waals surface area contributed by atoms with E-state index in [0.717, 1.165) is 28.0 Å². The highest BCUT2D eigenvalue weighted by Crippen LogP contribution is 2.43. The van der Waals surface area contributed by atoms with Crippen LogP contribution in [0.1, 0.15) is 35.1 Å². The van der Waals surface area contributed by atoms with Crippen molar-refractivity contribution in [3.63, 3.8) is 0 Å². The number of hydrogen-bond donors (Lipinski definition) is 0. The lowest BCUT2D eigenvalue weighted by Crippen LogP contribution is -2.44. The van der Waals surface area contributed by atoms with Crippen LogP contribution < -0.4 is 0 Å². The highest BCUT2D eigenvalue weighted by atomic mass is 16.5. The maximum atomic E-state index is 13.5. The number of carbonyl (C=O) groups excluding carboxylic acids is 2. The fourth-order valence-corrected chi connectivity index (χ4v) is 4.77. The third-order valence-electron chi connectivity index (χ3n) is 6.44. The summed E-state index contributed by atoms with van der Waals surface area (Å²) in [5.41, 5.74) is 6.54. The number of carbonyl (C=O) groups is 2. The summed E-state index contributed by atoms with van der Waals surface area (Å²) in [6.45, 7) is 7.56. The molecule has 2 aliphatic heterocycles. The van der Waals surface area contributed by atoms with E-state index in [0.29, 0.717) is 30.9 Å². The average Bonchev–Trinajstić information content (AvgIpc) is 2.75. The minimum Gasteiger partial charge on any atom is -0.468 e. The van der Waals surface area contributed by atoms with E-state index in [2.05, 4.69) is 36.9 Å². The van der Waals surface area contributed by atoms with Gasteiger partial charge >= 0.3 is 5.97 Å². The first-order valence-electron chi connectivity index (χ1n) is 10.6. The molecule has 2 aromatic rings. The molecule has 5 nitrogen and oxygen atoms in total. The molecule has 2 atom stereocenters. The summed E-state index contributed by atoms with van der Waals surface area (Å²) in [6, 6.07) is 16.2. The lowest BCUT2D eigenvalue weighted by atomic mass is 9.72. The topological polar surface area (TPSA) is 59.0 Å². The second kappa shape index (κ2) is 8.60. The first kappa shape index (κ1) is 21.2. The molecule has 4 rings (SSSR count). The average molecular weight is 417 g/mol. The van der Waals surface area contributed by atoms with E-state index in [9.17, 15) is 9.59 Å². The van der Waals surface area contributed by atoms with Gasteiger partial charge in [-0.1, -0.05) is 48.5 Å². The number of methoxy groups -OCH3 is 1. The zero-order valence-electron chi connectivity index (χ0n) is 18.5. The molecule has 0 aliphatic carbocycles. The quantitative estimate of drug-likeness (QED) is 0.707. The van der Waals surface area contributed by atoms with Crippen LogP contribution in [-0.4, -0.2) is 42.6 Å². The van der Waals surface area contributed by atoms with Crippen molar-refractivity contribution in [2.45, 2.75) is 33.2 Å². The summed E-state index contributed by atoms with van der Waals surface area (Å²) in [4.78, 5) is 33.1. The summed E-state index contributed by atoms with van der Waals surface area (Å²) >= 11 is 0. The molecule has 0 saturated carbocycles. The molecular formula is C26H28N2O3. The molecule has 2 aromatic carbocycles. The van der Waals surface area contributed by atoms with Crippen LogP contribution in [0.15, 0.2) is 64.8 Å². The Morgan fingerprint density at radius 1 is 1.06 bits per heavy atom. The lowest BCUT2D eigenvalue weighted by Gasteiger charge is -2.38.